The third-order valence-electron chi connectivity index (χ3n) is 3.12. The van der Waals surface area contributed by atoms with Crippen molar-refractivity contribution in [3.63, 3.8) is 0 Å². The number of rotatable bonds is 3. The Morgan fingerprint density at radius 2 is 2.00 bits per heavy atom. The van der Waals surface area contributed by atoms with Gasteiger partial charge < -0.3 is 5.73 Å². The molecule has 1 heterocycles. The van der Waals surface area contributed by atoms with Crippen molar-refractivity contribution in [2.24, 2.45) is 0 Å². The summed E-state index contributed by atoms with van der Waals surface area (Å²) in [5, 5.41) is 8.98. The number of aromatic nitrogens is 1. The number of nitrogens with one attached hydrogen (secondary N) is 1. The summed E-state index contributed by atoms with van der Waals surface area (Å²) in [4.78, 5) is 3.60. The minimum absolute atomic E-state index is 0.149. The largest absolute Gasteiger partial charge is 0.398 e. The number of hydrogen-bond donors (Lipinski definition) is 2. The minimum Gasteiger partial charge on any atom is -0.398 e. The molecule has 0 aliphatic carbocycles. The van der Waals surface area contributed by atoms with E-state index >= 15 is 0 Å². The molecule has 2 rings (SSSR count). The van der Waals surface area contributed by atoms with E-state index in [1.165, 1.54) is 18.3 Å². The second-order valence-corrected chi connectivity index (χ2v) is 6.19. The first-order chi connectivity index (χ1) is 9.86. The molecule has 0 atom stereocenters. The predicted octanol–water partition coefficient (Wildman–Crippen LogP) is 1.95. The van der Waals surface area contributed by atoms with E-state index in [2.05, 4.69) is 9.71 Å². The summed E-state index contributed by atoms with van der Waals surface area (Å²) in [6.07, 6.45) is 1.37. The Morgan fingerprint density at radius 1 is 1.29 bits per heavy atom. The molecule has 21 heavy (non-hydrogen) atoms. The number of sulfonamides is 1. The van der Waals surface area contributed by atoms with Crippen molar-refractivity contribution in [2.45, 2.75) is 18.7 Å². The third kappa shape index (κ3) is 2.80. The molecule has 7 heteroatoms. The number of benzene rings is 1. The SMILES string of the molecule is Cc1ccc(N)c(C)c1NS(=O)(=O)c1cccnc1C#N. The summed E-state index contributed by atoms with van der Waals surface area (Å²) < 4.78 is 27.4. The van der Waals surface area contributed by atoms with Gasteiger partial charge in [0.05, 0.1) is 5.69 Å². The second kappa shape index (κ2) is 5.42. The molecule has 0 amide bonds. The number of nitrogens with zero attached hydrogens (tertiary/aromatic N) is 2. The van der Waals surface area contributed by atoms with E-state index in [-0.39, 0.29) is 10.6 Å². The minimum atomic E-state index is -3.91. The Morgan fingerprint density at radius 3 is 2.67 bits per heavy atom. The summed E-state index contributed by atoms with van der Waals surface area (Å²) in [5.41, 5.74) is 7.95. The zero-order valence-corrected chi connectivity index (χ0v) is 12.4. The zero-order valence-electron chi connectivity index (χ0n) is 11.6. The summed E-state index contributed by atoms with van der Waals surface area (Å²) in [7, 11) is -3.91. The average molecular weight is 302 g/mol. The Kier molecular flexibility index (Phi) is 3.82. The fourth-order valence-electron chi connectivity index (χ4n) is 1.90. The Labute approximate surface area is 123 Å². The van der Waals surface area contributed by atoms with Gasteiger partial charge in [-0.2, -0.15) is 5.26 Å². The van der Waals surface area contributed by atoms with Gasteiger partial charge in [0.2, 0.25) is 0 Å². The van der Waals surface area contributed by atoms with E-state index in [9.17, 15) is 8.42 Å². The summed E-state index contributed by atoms with van der Waals surface area (Å²) >= 11 is 0. The molecule has 6 nitrogen and oxygen atoms in total. The maximum absolute atomic E-state index is 12.5. The summed E-state index contributed by atoms with van der Waals surface area (Å²) in [6, 6.07) is 8.02. The van der Waals surface area contributed by atoms with Crippen LogP contribution in [0.3, 0.4) is 0 Å². The van der Waals surface area contributed by atoms with Crippen LogP contribution in [0.5, 0.6) is 0 Å². The fourth-order valence-corrected chi connectivity index (χ4v) is 3.20. The lowest BCUT2D eigenvalue weighted by Crippen LogP contribution is -2.17. The number of nitriles is 1. The van der Waals surface area contributed by atoms with Gasteiger partial charge in [0.15, 0.2) is 5.69 Å². The number of anilines is 2. The van der Waals surface area contributed by atoms with Crippen LogP contribution < -0.4 is 10.5 Å². The number of pyridine rings is 1. The van der Waals surface area contributed by atoms with Gasteiger partial charge in [-0.3, -0.25) is 4.72 Å². The van der Waals surface area contributed by atoms with Crippen molar-refractivity contribution in [1.29, 1.82) is 5.26 Å². The van der Waals surface area contributed by atoms with Crippen LogP contribution in [0.25, 0.3) is 0 Å². The maximum Gasteiger partial charge on any atom is 0.264 e. The van der Waals surface area contributed by atoms with E-state index < -0.39 is 10.0 Å². The lowest BCUT2D eigenvalue weighted by Gasteiger charge is -2.15. The molecule has 1 aromatic carbocycles. The molecule has 0 aliphatic heterocycles. The van der Waals surface area contributed by atoms with Gasteiger partial charge in [-0.15, -0.1) is 0 Å². The number of nitrogens with two attached hydrogens (primary N) is 1. The number of nitrogen functional groups attached to an aromatic ring is 1. The molecule has 0 spiro atoms. The monoisotopic (exact) mass is 302 g/mol. The first-order valence-corrected chi connectivity index (χ1v) is 7.58. The highest BCUT2D eigenvalue weighted by atomic mass is 32.2. The maximum atomic E-state index is 12.5. The van der Waals surface area contributed by atoms with E-state index in [4.69, 9.17) is 11.0 Å². The fraction of sp³-hybridized carbons (Fsp3) is 0.143. The average Bonchev–Trinajstić information content (AvgIpc) is 2.47. The first kappa shape index (κ1) is 14.8. The van der Waals surface area contributed by atoms with Gasteiger partial charge in [-0.1, -0.05) is 6.07 Å². The van der Waals surface area contributed by atoms with E-state index in [0.29, 0.717) is 16.9 Å². The molecular weight excluding hydrogens is 288 g/mol. The van der Waals surface area contributed by atoms with Crippen molar-refractivity contribution in [1.82, 2.24) is 4.98 Å². The first-order valence-electron chi connectivity index (χ1n) is 6.10. The van der Waals surface area contributed by atoms with Crippen LogP contribution in [0.2, 0.25) is 0 Å². The van der Waals surface area contributed by atoms with Crippen LogP contribution in [0.15, 0.2) is 35.4 Å². The van der Waals surface area contributed by atoms with E-state index in [1.54, 1.807) is 32.0 Å². The van der Waals surface area contributed by atoms with Crippen molar-refractivity contribution in [2.75, 3.05) is 10.5 Å². The molecule has 0 bridgehead atoms. The van der Waals surface area contributed by atoms with E-state index in [1.807, 2.05) is 0 Å². The highest BCUT2D eigenvalue weighted by Gasteiger charge is 2.21. The topological polar surface area (TPSA) is 109 Å². The molecule has 0 radical (unpaired) electrons. The molecular formula is C14H14N4O2S. The molecule has 108 valence electrons. The molecule has 0 saturated heterocycles. The molecule has 2 aromatic rings. The smallest absolute Gasteiger partial charge is 0.264 e. The predicted molar refractivity (Wildman–Crippen MR) is 80.1 cm³/mol. The van der Waals surface area contributed by atoms with Crippen molar-refractivity contribution in [3.05, 3.63) is 47.3 Å². The van der Waals surface area contributed by atoms with E-state index in [0.717, 1.165) is 5.56 Å². The van der Waals surface area contributed by atoms with Crippen LogP contribution in [-0.2, 0) is 10.0 Å². The Hall–Kier alpha value is -2.59. The molecule has 3 N–H and O–H groups in total. The van der Waals surface area contributed by atoms with Crippen molar-refractivity contribution in [3.8, 4) is 6.07 Å². The molecule has 0 aliphatic rings. The summed E-state index contributed by atoms with van der Waals surface area (Å²) in [5.74, 6) is 0. The van der Waals surface area contributed by atoms with Crippen LogP contribution >= 0.6 is 0 Å². The molecule has 1 aromatic heterocycles. The van der Waals surface area contributed by atoms with Crippen LogP contribution in [0, 0.1) is 25.2 Å². The van der Waals surface area contributed by atoms with Gasteiger partial charge in [-0.25, -0.2) is 13.4 Å². The highest BCUT2D eigenvalue weighted by Crippen LogP contribution is 2.28. The molecule has 0 fully saturated rings. The second-order valence-electron chi connectivity index (χ2n) is 4.54. The molecule has 0 saturated carbocycles. The van der Waals surface area contributed by atoms with Gasteiger partial charge in [0.1, 0.15) is 11.0 Å². The highest BCUT2D eigenvalue weighted by molar-refractivity contribution is 7.92. The Balaban J connectivity index is 2.54. The Bertz CT molecular complexity index is 839. The van der Waals surface area contributed by atoms with Crippen LogP contribution in [0.1, 0.15) is 16.8 Å². The summed E-state index contributed by atoms with van der Waals surface area (Å²) in [6.45, 7) is 3.51. The third-order valence-corrected chi connectivity index (χ3v) is 4.50. The van der Waals surface area contributed by atoms with Crippen LogP contribution in [-0.4, -0.2) is 13.4 Å². The van der Waals surface area contributed by atoms with Crippen molar-refractivity contribution < 1.29 is 8.42 Å². The van der Waals surface area contributed by atoms with Crippen LogP contribution in [0.4, 0.5) is 11.4 Å². The van der Waals surface area contributed by atoms with Crippen molar-refractivity contribution >= 4 is 21.4 Å². The standard InChI is InChI=1S/C14H14N4O2S/c1-9-5-6-11(16)10(2)14(9)18-21(19,20)13-4-3-7-17-12(13)8-15/h3-7,18H,16H2,1-2H3. The lowest BCUT2D eigenvalue weighted by molar-refractivity contribution is 0.600. The van der Waals surface area contributed by atoms with Gasteiger partial charge >= 0.3 is 0 Å². The normalized spacial score (nSPS) is 10.9. The van der Waals surface area contributed by atoms with Gasteiger partial charge in [0, 0.05) is 11.9 Å². The quantitative estimate of drug-likeness (QED) is 0.842. The zero-order chi connectivity index (χ0) is 15.6. The number of aryl methyl sites for hydroxylation is 1. The lowest BCUT2D eigenvalue weighted by atomic mass is 10.1. The van der Waals surface area contributed by atoms with Gasteiger partial charge in [-0.05, 0) is 43.2 Å². The molecule has 0 unspecified atom stereocenters. The van der Waals surface area contributed by atoms with Gasteiger partial charge in [0.25, 0.3) is 10.0 Å². The number of hydrogen-bond acceptors (Lipinski definition) is 5.